The summed E-state index contributed by atoms with van der Waals surface area (Å²) in [5.74, 6) is 0.949. The van der Waals surface area contributed by atoms with Gasteiger partial charge < -0.3 is 4.74 Å². The van der Waals surface area contributed by atoms with Gasteiger partial charge in [-0.2, -0.15) is 4.98 Å². The second-order valence-electron chi connectivity index (χ2n) is 4.26. The van der Waals surface area contributed by atoms with E-state index >= 15 is 0 Å². The summed E-state index contributed by atoms with van der Waals surface area (Å²) < 4.78 is 6.72. The molecule has 0 N–H and O–H groups in total. The van der Waals surface area contributed by atoms with Crippen LogP contribution in [0.2, 0.25) is 10.3 Å². The number of benzene rings is 1. The molecule has 108 valence electrons. The summed E-state index contributed by atoms with van der Waals surface area (Å²) in [6.45, 7) is 2.09. The molecule has 0 amide bonds. The zero-order valence-electron chi connectivity index (χ0n) is 10.9. The largest absolute Gasteiger partial charge is 0.437 e. The maximum Gasteiger partial charge on any atom is 0.232 e. The van der Waals surface area contributed by atoms with Gasteiger partial charge in [-0.25, -0.2) is 4.98 Å². The Morgan fingerprint density at radius 2 is 2.05 bits per heavy atom. The van der Waals surface area contributed by atoms with Gasteiger partial charge in [0.15, 0.2) is 0 Å². The zero-order valence-corrected chi connectivity index (χ0v) is 14.8. The second-order valence-corrected chi connectivity index (χ2v) is 7.04. The molecule has 2 heterocycles. The van der Waals surface area contributed by atoms with E-state index in [1.165, 1.54) is 4.88 Å². The number of hydrogen-bond acceptors (Lipinski definition) is 4. The third-order valence-corrected chi connectivity index (χ3v) is 4.96. The molecule has 0 unspecified atom stereocenters. The average Bonchev–Trinajstić information content (AvgIpc) is 2.85. The topological polar surface area (TPSA) is 35.0 Å². The molecule has 3 aromatic rings. The molecule has 0 aliphatic rings. The van der Waals surface area contributed by atoms with Crippen LogP contribution in [-0.4, -0.2) is 9.97 Å². The minimum Gasteiger partial charge on any atom is -0.437 e. The molecule has 0 saturated carbocycles. The lowest BCUT2D eigenvalue weighted by molar-refractivity contribution is 0.468. The fraction of sp³-hybridized carbons (Fsp3) is 0.143. The first kappa shape index (κ1) is 15.0. The standard InChI is InChI=1S/C14H9BrCl2N2OS/c1-2-8-6-9-12(18-14(17)19-13(9)21-8)20-11-4-3-7(15)5-10(11)16/h3-6H,2H2,1H3. The van der Waals surface area contributed by atoms with Crippen molar-refractivity contribution >= 4 is 60.7 Å². The predicted octanol–water partition coefficient (Wildman–Crippen LogP) is 6.12. The Bertz CT molecular complexity index is 822. The van der Waals surface area contributed by atoms with Crippen molar-refractivity contribution in [2.45, 2.75) is 13.3 Å². The van der Waals surface area contributed by atoms with E-state index < -0.39 is 0 Å². The number of nitrogens with zero attached hydrogens (tertiary/aromatic N) is 2. The van der Waals surface area contributed by atoms with Crippen LogP contribution in [0.1, 0.15) is 11.8 Å². The van der Waals surface area contributed by atoms with Gasteiger partial charge in [0.05, 0.1) is 10.4 Å². The van der Waals surface area contributed by atoms with Crippen molar-refractivity contribution in [1.29, 1.82) is 0 Å². The molecule has 3 nitrogen and oxygen atoms in total. The van der Waals surface area contributed by atoms with Crippen LogP contribution >= 0.6 is 50.5 Å². The van der Waals surface area contributed by atoms with Gasteiger partial charge in [0, 0.05) is 9.35 Å². The molecule has 0 spiro atoms. The molecular formula is C14H9BrCl2N2OS. The smallest absolute Gasteiger partial charge is 0.232 e. The Balaban J connectivity index is 2.08. The maximum absolute atomic E-state index is 6.17. The zero-order chi connectivity index (χ0) is 15.0. The lowest BCUT2D eigenvalue weighted by atomic mass is 10.3. The summed E-state index contributed by atoms with van der Waals surface area (Å²) in [5.41, 5.74) is 0. The van der Waals surface area contributed by atoms with Crippen molar-refractivity contribution in [3.05, 3.63) is 43.9 Å². The van der Waals surface area contributed by atoms with E-state index in [0.717, 1.165) is 21.1 Å². The van der Waals surface area contributed by atoms with E-state index in [1.54, 1.807) is 23.5 Å². The van der Waals surface area contributed by atoms with Gasteiger partial charge in [-0.1, -0.05) is 34.5 Å². The van der Waals surface area contributed by atoms with E-state index in [2.05, 4.69) is 32.8 Å². The summed E-state index contributed by atoms with van der Waals surface area (Å²) in [6, 6.07) is 7.42. The molecule has 21 heavy (non-hydrogen) atoms. The van der Waals surface area contributed by atoms with E-state index in [-0.39, 0.29) is 5.28 Å². The minimum absolute atomic E-state index is 0.162. The first-order valence-electron chi connectivity index (χ1n) is 6.15. The van der Waals surface area contributed by atoms with Crippen LogP contribution in [0.15, 0.2) is 28.7 Å². The summed E-state index contributed by atoms with van der Waals surface area (Å²) in [5, 5.41) is 1.51. The number of hydrogen-bond donors (Lipinski definition) is 0. The molecule has 1 aromatic carbocycles. The predicted molar refractivity (Wildman–Crippen MR) is 91.0 cm³/mol. The number of aryl methyl sites for hydroxylation is 1. The number of aromatic nitrogens is 2. The highest BCUT2D eigenvalue weighted by molar-refractivity contribution is 9.10. The van der Waals surface area contributed by atoms with Crippen LogP contribution < -0.4 is 4.74 Å². The first-order chi connectivity index (χ1) is 10.1. The Kier molecular flexibility index (Phi) is 4.36. The van der Waals surface area contributed by atoms with Gasteiger partial charge in [0.1, 0.15) is 10.6 Å². The van der Waals surface area contributed by atoms with Gasteiger partial charge >= 0.3 is 0 Å². The number of rotatable bonds is 3. The highest BCUT2D eigenvalue weighted by Crippen LogP contribution is 2.36. The SMILES string of the molecule is CCc1cc2c(Oc3ccc(Br)cc3Cl)nc(Cl)nc2s1. The minimum atomic E-state index is 0.162. The third kappa shape index (κ3) is 3.16. The molecule has 2 aromatic heterocycles. The molecular weight excluding hydrogens is 395 g/mol. The number of thiophene rings is 1. The van der Waals surface area contributed by atoms with E-state index in [1.807, 2.05) is 12.1 Å². The fourth-order valence-corrected chi connectivity index (χ4v) is 3.72. The fourth-order valence-electron chi connectivity index (χ4n) is 1.83. The molecule has 0 bridgehead atoms. The lowest BCUT2D eigenvalue weighted by Gasteiger charge is -2.08. The Labute approximate surface area is 144 Å². The monoisotopic (exact) mass is 402 g/mol. The molecule has 0 aliphatic carbocycles. The first-order valence-corrected chi connectivity index (χ1v) is 8.52. The van der Waals surface area contributed by atoms with Gasteiger partial charge in [-0.15, -0.1) is 11.3 Å². The molecule has 0 saturated heterocycles. The molecule has 7 heteroatoms. The van der Waals surface area contributed by atoms with E-state index in [9.17, 15) is 0 Å². The van der Waals surface area contributed by atoms with Gasteiger partial charge in [-0.3, -0.25) is 0 Å². The van der Waals surface area contributed by atoms with Crippen LogP contribution in [0.25, 0.3) is 10.2 Å². The van der Waals surface area contributed by atoms with Crippen LogP contribution in [-0.2, 0) is 6.42 Å². The van der Waals surface area contributed by atoms with Crippen LogP contribution in [0.3, 0.4) is 0 Å². The quantitative estimate of drug-likeness (QED) is 0.494. The summed E-state index contributed by atoms with van der Waals surface area (Å²) in [7, 11) is 0. The van der Waals surface area contributed by atoms with Crippen LogP contribution in [0.5, 0.6) is 11.6 Å². The van der Waals surface area contributed by atoms with Gasteiger partial charge in [-0.05, 0) is 42.3 Å². The van der Waals surface area contributed by atoms with Crippen molar-refractivity contribution in [2.24, 2.45) is 0 Å². The number of halogens is 3. The van der Waals surface area contributed by atoms with Crippen molar-refractivity contribution in [1.82, 2.24) is 9.97 Å². The second kappa shape index (κ2) is 6.08. The van der Waals surface area contributed by atoms with Crippen molar-refractivity contribution in [3.8, 4) is 11.6 Å². The number of fused-ring (bicyclic) bond motifs is 1. The van der Waals surface area contributed by atoms with Crippen LogP contribution in [0, 0.1) is 0 Å². The Morgan fingerprint density at radius 3 is 2.76 bits per heavy atom. The van der Waals surface area contributed by atoms with Gasteiger partial charge in [0.25, 0.3) is 0 Å². The molecule has 0 atom stereocenters. The van der Waals surface area contributed by atoms with Crippen molar-refractivity contribution < 1.29 is 4.74 Å². The highest BCUT2D eigenvalue weighted by atomic mass is 79.9. The average molecular weight is 404 g/mol. The highest BCUT2D eigenvalue weighted by Gasteiger charge is 2.14. The lowest BCUT2D eigenvalue weighted by Crippen LogP contribution is -1.91. The molecule has 3 rings (SSSR count). The van der Waals surface area contributed by atoms with E-state index in [4.69, 9.17) is 27.9 Å². The molecule has 0 radical (unpaired) electrons. The summed E-state index contributed by atoms with van der Waals surface area (Å²) in [4.78, 5) is 10.4. The number of ether oxygens (including phenoxy) is 1. The van der Waals surface area contributed by atoms with Gasteiger partial charge in [0.2, 0.25) is 11.2 Å². The Morgan fingerprint density at radius 1 is 1.24 bits per heavy atom. The molecule has 0 aliphatic heterocycles. The van der Waals surface area contributed by atoms with E-state index in [0.29, 0.717) is 16.7 Å². The molecule has 0 fully saturated rings. The summed E-state index contributed by atoms with van der Waals surface area (Å²) >= 11 is 17.1. The third-order valence-electron chi connectivity index (χ3n) is 2.83. The van der Waals surface area contributed by atoms with Crippen molar-refractivity contribution in [2.75, 3.05) is 0 Å². The Hall–Kier alpha value is -0.880. The van der Waals surface area contributed by atoms with Crippen LogP contribution in [0.4, 0.5) is 0 Å². The van der Waals surface area contributed by atoms with Crippen molar-refractivity contribution in [3.63, 3.8) is 0 Å². The normalized spacial score (nSPS) is 11.0. The maximum atomic E-state index is 6.17. The summed E-state index contributed by atoms with van der Waals surface area (Å²) in [6.07, 6.45) is 0.928.